The lowest BCUT2D eigenvalue weighted by Crippen LogP contribution is -1.90. The van der Waals surface area contributed by atoms with Crippen molar-refractivity contribution in [3.05, 3.63) is 0 Å². The Bertz CT molecular complexity index is 109. The summed E-state index contributed by atoms with van der Waals surface area (Å²) in [5, 5.41) is 0. The van der Waals surface area contributed by atoms with Gasteiger partial charge in [-0.1, -0.05) is 0 Å². The van der Waals surface area contributed by atoms with E-state index in [1.54, 1.807) is 0 Å². The molecule has 0 spiro atoms. The Balaban J connectivity index is 3.24. The van der Waals surface area contributed by atoms with Crippen molar-refractivity contribution < 1.29 is 9.59 Å². The Morgan fingerprint density at radius 2 is 2.38 bits per heavy atom. The van der Waals surface area contributed by atoms with Gasteiger partial charge in [0.05, 0.1) is 0 Å². The fourth-order valence-electron chi connectivity index (χ4n) is 0.247. The van der Waals surface area contributed by atoms with Gasteiger partial charge >= 0.3 is 0 Å². The molecule has 0 aromatic rings. The van der Waals surface area contributed by atoms with Crippen LogP contribution >= 0.6 is 0 Å². The minimum atomic E-state index is -0.433. The summed E-state index contributed by atoms with van der Waals surface area (Å²) >= 11 is 0. The predicted octanol–water partition coefficient (Wildman–Crippen LogP) is 0.0697. The Kier molecular flexibility index (Phi) is 3.66. The molecule has 0 aromatic heterocycles. The standard InChI is InChI=1S/C5H6NO2/c1-6-5(8)3-2-4-7/h1,4H,2-3H2. The summed E-state index contributed by atoms with van der Waals surface area (Å²) in [7, 11) is 0. The molecule has 3 nitrogen and oxygen atoms in total. The molecule has 1 radical (unpaired) electrons. The minimum Gasteiger partial charge on any atom is -0.303 e. The number of rotatable bonds is 3. The maximum absolute atomic E-state index is 10.1. The van der Waals surface area contributed by atoms with Gasteiger partial charge in [-0.15, -0.1) is 0 Å². The first-order valence-corrected chi connectivity index (χ1v) is 2.18. The number of aldehydes is 1. The van der Waals surface area contributed by atoms with Crippen LogP contribution in [0.5, 0.6) is 0 Å². The highest BCUT2D eigenvalue weighted by Crippen LogP contribution is 1.85. The number of amides is 1. The van der Waals surface area contributed by atoms with Gasteiger partial charge in [0.15, 0.2) is 0 Å². The normalized spacial score (nSPS) is 8.00. The summed E-state index contributed by atoms with van der Waals surface area (Å²) in [5.74, 6) is -0.433. The Morgan fingerprint density at radius 1 is 1.75 bits per heavy atom. The Morgan fingerprint density at radius 3 is 2.75 bits per heavy atom. The topological polar surface area (TPSA) is 46.5 Å². The molecule has 0 heterocycles. The van der Waals surface area contributed by atoms with E-state index in [-0.39, 0.29) is 12.8 Å². The molecule has 0 rings (SSSR count). The highest BCUT2D eigenvalue weighted by Gasteiger charge is 1.92. The van der Waals surface area contributed by atoms with Crippen LogP contribution in [0.4, 0.5) is 0 Å². The van der Waals surface area contributed by atoms with E-state index in [0.717, 1.165) is 0 Å². The molecule has 0 aliphatic rings. The van der Waals surface area contributed by atoms with Gasteiger partial charge in [-0.3, -0.25) is 4.79 Å². The number of aliphatic imine (C=N–C) groups is 1. The fourth-order valence-corrected chi connectivity index (χ4v) is 0.247. The molecule has 1 amide bonds. The van der Waals surface area contributed by atoms with Crippen molar-refractivity contribution in [2.24, 2.45) is 4.99 Å². The van der Waals surface area contributed by atoms with Crippen molar-refractivity contribution in [2.75, 3.05) is 0 Å². The first kappa shape index (κ1) is 7.01. The van der Waals surface area contributed by atoms with Crippen LogP contribution in [0.15, 0.2) is 4.99 Å². The minimum absolute atomic E-state index is 0.125. The van der Waals surface area contributed by atoms with Crippen LogP contribution in [0.2, 0.25) is 0 Å². The molecule has 0 N–H and O–H groups in total. The molecule has 0 atom stereocenters. The summed E-state index contributed by atoms with van der Waals surface area (Å²) < 4.78 is 0. The number of carbonyl (C=O) groups is 2. The van der Waals surface area contributed by atoms with Crippen LogP contribution in [0, 0.1) is 0 Å². The maximum atomic E-state index is 10.1. The van der Waals surface area contributed by atoms with E-state index >= 15 is 0 Å². The first-order valence-electron chi connectivity index (χ1n) is 2.18. The van der Waals surface area contributed by atoms with Crippen LogP contribution < -0.4 is 0 Å². The van der Waals surface area contributed by atoms with Gasteiger partial charge in [0.2, 0.25) is 5.91 Å². The van der Waals surface area contributed by atoms with Crippen LogP contribution in [0.1, 0.15) is 12.8 Å². The molecule has 0 fully saturated rings. The van der Waals surface area contributed by atoms with Crippen LogP contribution in [-0.2, 0) is 9.59 Å². The number of hydrogen-bond donors (Lipinski definition) is 0. The largest absolute Gasteiger partial charge is 0.303 e. The fraction of sp³-hybridized carbons (Fsp3) is 0.400. The third kappa shape index (κ3) is 3.21. The van der Waals surface area contributed by atoms with E-state index in [0.29, 0.717) is 6.29 Å². The van der Waals surface area contributed by atoms with E-state index in [1.165, 1.54) is 0 Å². The molecule has 0 unspecified atom stereocenters. The average Bonchev–Trinajstić information content (AvgIpc) is 1.83. The molecule has 3 heteroatoms. The quantitative estimate of drug-likeness (QED) is 0.383. The molecule has 0 saturated heterocycles. The van der Waals surface area contributed by atoms with Crippen molar-refractivity contribution in [3.63, 3.8) is 0 Å². The van der Waals surface area contributed by atoms with Crippen LogP contribution in [0.3, 0.4) is 0 Å². The first-order chi connectivity index (χ1) is 3.81. The second-order valence-corrected chi connectivity index (χ2v) is 1.23. The number of carbonyl (C=O) groups excluding carboxylic acids is 2. The maximum Gasteiger partial charge on any atom is 0.246 e. The van der Waals surface area contributed by atoms with Gasteiger partial charge in [0.25, 0.3) is 0 Å². The van der Waals surface area contributed by atoms with Gasteiger partial charge in [-0.05, 0) is 0 Å². The van der Waals surface area contributed by atoms with E-state index in [9.17, 15) is 9.59 Å². The van der Waals surface area contributed by atoms with Gasteiger partial charge in [0, 0.05) is 19.6 Å². The van der Waals surface area contributed by atoms with Gasteiger partial charge < -0.3 is 4.79 Å². The molecule has 0 aliphatic heterocycles. The SMILES string of the molecule is [CH]=NC(=O)CCC=O. The lowest BCUT2D eigenvalue weighted by Gasteiger charge is -1.81. The third-order valence-corrected chi connectivity index (χ3v) is 0.620. The van der Waals surface area contributed by atoms with Crippen molar-refractivity contribution in [2.45, 2.75) is 12.8 Å². The summed E-state index contributed by atoms with van der Waals surface area (Å²) in [6, 6.07) is 0. The van der Waals surface area contributed by atoms with Crippen molar-refractivity contribution in [1.82, 2.24) is 0 Å². The zero-order chi connectivity index (χ0) is 6.41. The van der Waals surface area contributed by atoms with Crippen molar-refractivity contribution in [3.8, 4) is 0 Å². The van der Waals surface area contributed by atoms with E-state index in [2.05, 4.69) is 11.7 Å². The van der Waals surface area contributed by atoms with E-state index in [1.807, 2.05) is 0 Å². The number of hydrogen-bond acceptors (Lipinski definition) is 2. The summed E-state index contributed by atoms with van der Waals surface area (Å²) in [6.07, 6.45) is 0.989. The molecular weight excluding hydrogens is 106 g/mol. The third-order valence-electron chi connectivity index (χ3n) is 0.620. The van der Waals surface area contributed by atoms with E-state index < -0.39 is 5.91 Å². The van der Waals surface area contributed by atoms with Gasteiger partial charge in [-0.2, -0.15) is 0 Å². The summed E-state index contributed by atoms with van der Waals surface area (Å²) in [5.41, 5.74) is 0. The number of nitrogens with zero attached hydrogens (tertiary/aromatic N) is 1. The van der Waals surface area contributed by atoms with Crippen molar-refractivity contribution >= 4 is 18.9 Å². The Labute approximate surface area is 47.4 Å². The second-order valence-electron chi connectivity index (χ2n) is 1.23. The highest BCUT2D eigenvalue weighted by molar-refractivity contribution is 5.82. The zero-order valence-corrected chi connectivity index (χ0v) is 4.33. The van der Waals surface area contributed by atoms with Crippen molar-refractivity contribution in [1.29, 1.82) is 0 Å². The molecule has 0 bridgehead atoms. The molecule has 0 aliphatic carbocycles. The lowest BCUT2D eigenvalue weighted by molar-refractivity contribution is -0.119. The average molecular weight is 112 g/mol. The molecular formula is C5H6NO2. The molecule has 0 aromatic carbocycles. The van der Waals surface area contributed by atoms with E-state index in [4.69, 9.17) is 0 Å². The zero-order valence-electron chi connectivity index (χ0n) is 4.33. The van der Waals surface area contributed by atoms with Gasteiger partial charge in [-0.25, -0.2) is 4.99 Å². The molecule has 0 saturated carbocycles. The molecule has 43 valence electrons. The Hall–Kier alpha value is -0.990. The summed E-state index contributed by atoms with van der Waals surface area (Å²) in [4.78, 5) is 22.5. The smallest absolute Gasteiger partial charge is 0.246 e. The predicted molar refractivity (Wildman–Crippen MR) is 28.8 cm³/mol. The monoisotopic (exact) mass is 112 g/mol. The summed E-state index contributed by atoms with van der Waals surface area (Å²) in [6.45, 7) is 4.57. The van der Waals surface area contributed by atoms with Crippen LogP contribution in [0.25, 0.3) is 0 Å². The lowest BCUT2D eigenvalue weighted by atomic mass is 10.3. The highest BCUT2D eigenvalue weighted by atomic mass is 16.1. The second kappa shape index (κ2) is 4.18. The van der Waals surface area contributed by atoms with Crippen LogP contribution in [-0.4, -0.2) is 18.9 Å². The molecule has 8 heavy (non-hydrogen) atoms. The van der Waals surface area contributed by atoms with Gasteiger partial charge in [0.1, 0.15) is 6.29 Å².